The number of phenolic OH excluding ortho intramolecular Hbond substituents is 1. The number of carboxylic acid groups (broad SMARTS) is 1. The number of hydrogen-bond acceptors (Lipinski definition) is 9. The summed E-state index contributed by atoms with van der Waals surface area (Å²) < 4.78 is 0. The van der Waals surface area contributed by atoms with Gasteiger partial charge in [-0.05, 0) is 29.5 Å². The molecule has 7 atom stereocenters. The summed E-state index contributed by atoms with van der Waals surface area (Å²) in [5.74, 6) is -6.53. The molecule has 0 aliphatic heterocycles. The van der Waals surface area contributed by atoms with Gasteiger partial charge in [0.1, 0.15) is 29.9 Å². The van der Waals surface area contributed by atoms with Crippen molar-refractivity contribution in [3.05, 3.63) is 29.8 Å². The quantitative estimate of drug-likeness (QED) is 0.0907. The smallest absolute Gasteiger partial charge is 0.326 e. The Morgan fingerprint density at radius 3 is 1.77 bits per heavy atom. The highest BCUT2D eigenvalue weighted by Gasteiger charge is 2.34. The Bertz CT molecular complexity index is 1130. The Kier molecular flexibility index (Phi) is 15.1. The number of aliphatic hydroxyl groups excluding tert-OH is 1. The zero-order valence-electron chi connectivity index (χ0n) is 24.8. The maximum absolute atomic E-state index is 13.3. The van der Waals surface area contributed by atoms with Crippen molar-refractivity contribution < 1.29 is 44.1 Å². The van der Waals surface area contributed by atoms with Crippen LogP contribution in [0.25, 0.3) is 0 Å². The third-order valence-corrected chi connectivity index (χ3v) is 7.20. The maximum Gasteiger partial charge on any atom is 0.326 e. The van der Waals surface area contributed by atoms with Gasteiger partial charge in [0.15, 0.2) is 0 Å². The fourth-order valence-corrected chi connectivity index (χ4v) is 3.94. The van der Waals surface area contributed by atoms with Crippen molar-refractivity contribution in [1.29, 1.82) is 0 Å². The lowest BCUT2D eigenvalue weighted by molar-refractivity contribution is -0.142. The number of nitrogens with one attached hydrogen (secondary N) is 4. The molecule has 43 heavy (non-hydrogen) atoms. The van der Waals surface area contributed by atoms with Crippen LogP contribution in [-0.2, 0) is 35.2 Å². The molecule has 0 aromatic heterocycles. The van der Waals surface area contributed by atoms with Gasteiger partial charge in [0.2, 0.25) is 29.5 Å². The van der Waals surface area contributed by atoms with Gasteiger partial charge < -0.3 is 48.1 Å². The number of rotatable bonds is 18. The van der Waals surface area contributed by atoms with E-state index in [0.717, 1.165) is 0 Å². The number of carbonyl (C=O) groups excluding carboxylic acids is 5. The van der Waals surface area contributed by atoms with Crippen LogP contribution in [0.5, 0.6) is 5.75 Å². The monoisotopic (exact) mass is 608 g/mol. The topological polar surface area (TPSA) is 263 Å². The molecule has 11 N–H and O–H groups in total. The number of benzene rings is 1. The fourth-order valence-electron chi connectivity index (χ4n) is 3.94. The maximum atomic E-state index is 13.3. The van der Waals surface area contributed by atoms with Crippen molar-refractivity contribution >= 4 is 35.5 Å². The number of carbonyl (C=O) groups is 6. The molecule has 0 saturated heterocycles. The van der Waals surface area contributed by atoms with Gasteiger partial charge in [0, 0.05) is 6.42 Å². The van der Waals surface area contributed by atoms with Crippen molar-refractivity contribution in [3.8, 4) is 5.75 Å². The summed E-state index contributed by atoms with van der Waals surface area (Å²) in [7, 11) is 0. The molecule has 5 amide bonds. The number of aliphatic hydroxyl groups is 1. The molecule has 0 saturated carbocycles. The van der Waals surface area contributed by atoms with Crippen LogP contribution in [0.1, 0.15) is 52.5 Å². The normalized spacial score (nSPS) is 15.9. The minimum Gasteiger partial charge on any atom is -0.508 e. The minimum absolute atomic E-state index is 0.0331. The third kappa shape index (κ3) is 11.9. The van der Waals surface area contributed by atoms with Crippen molar-refractivity contribution in [2.75, 3.05) is 6.61 Å². The van der Waals surface area contributed by atoms with Crippen molar-refractivity contribution in [3.63, 3.8) is 0 Å². The highest BCUT2D eigenvalue weighted by molar-refractivity contribution is 5.97. The van der Waals surface area contributed by atoms with Crippen molar-refractivity contribution in [1.82, 2.24) is 21.3 Å². The largest absolute Gasteiger partial charge is 0.508 e. The number of nitrogens with two attached hydrogens (primary N) is 2. The van der Waals surface area contributed by atoms with Crippen LogP contribution in [0.3, 0.4) is 0 Å². The summed E-state index contributed by atoms with van der Waals surface area (Å²) in [6.07, 6.45) is 0.144. The van der Waals surface area contributed by atoms with Crippen LogP contribution in [0.15, 0.2) is 24.3 Å². The van der Waals surface area contributed by atoms with Gasteiger partial charge in [-0.15, -0.1) is 0 Å². The summed E-state index contributed by atoms with van der Waals surface area (Å²) in [5, 5.41) is 38.3. The third-order valence-electron chi connectivity index (χ3n) is 7.20. The molecular weight excluding hydrogens is 564 g/mol. The van der Waals surface area contributed by atoms with Crippen LogP contribution in [0, 0.1) is 11.8 Å². The summed E-state index contributed by atoms with van der Waals surface area (Å²) in [6, 6.07) is -1.03. The highest BCUT2D eigenvalue weighted by Crippen LogP contribution is 2.13. The Morgan fingerprint density at radius 2 is 1.28 bits per heavy atom. The van der Waals surface area contributed by atoms with E-state index >= 15 is 0 Å². The molecule has 0 radical (unpaired) electrons. The Morgan fingerprint density at radius 1 is 0.767 bits per heavy atom. The van der Waals surface area contributed by atoms with Crippen LogP contribution >= 0.6 is 0 Å². The summed E-state index contributed by atoms with van der Waals surface area (Å²) >= 11 is 0. The van der Waals surface area contributed by atoms with Gasteiger partial charge in [-0.2, -0.15) is 0 Å². The van der Waals surface area contributed by atoms with E-state index < -0.39 is 84.7 Å². The van der Waals surface area contributed by atoms with E-state index in [1.807, 2.05) is 6.92 Å². The second-order valence-corrected chi connectivity index (χ2v) is 10.5. The molecule has 15 nitrogen and oxygen atoms in total. The second kappa shape index (κ2) is 17.7. The molecule has 1 aromatic carbocycles. The van der Waals surface area contributed by atoms with Crippen LogP contribution in [0.2, 0.25) is 0 Å². The van der Waals surface area contributed by atoms with Gasteiger partial charge >= 0.3 is 5.97 Å². The predicted octanol–water partition coefficient (Wildman–Crippen LogP) is -1.75. The summed E-state index contributed by atoms with van der Waals surface area (Å²) in [6.45, 7) is 6.18. The van der Waals surface area contributed by atoms with Gasteiger partial charge in [-0.3, -0.25) is 24.0 Å². The Labute approximate surface area is 250 Å². The number of aromatic hydroxyl groups is 1. The molecule has 1 aromatic rings. The molecular formula is C28H44N6O9. The molecule has 0 fully saturated rings. The number of phenols is 1. The van der Waals surface area contributed by atoms with E-state index in [0.29, 0.717) is 18.4 Å². The number of carboxylic acids is 1. The lowest BCUT2D eigenvalue weighted by Crippen LogP contribution is -2.61. The molecule has 0 spiro atoms. The van der Waals surface area contributed by atoms with Crippen LogP contribution in [-0.4, -0.2) is 87.6 Å². The highest BCUT2D eigenvalue weighted by atomic mass is 16.4. The van der Waals surface area contributed by atoms with Crippen LogP contribution in [0.4, 0.5) is 0 Å². The number of aliphatic carboxylic acids is 1. The average molecular weight is 609 g/mol. The standard InChI is InChI=1S/C28H44N6O9/c1-5-14(3)22(30)26(40)33-20(13-35)25(39)34-23(15(4)6-2)27(41)31-18(12-21(29)37)24(38)32-19(28(42)43)11-16-7-9-17(36)10-8-16/h7-10,14-15,18-20,22-23,35-36H,5-6,11-13,30H2,1-4H3,(H2,29,37)(H,31,41)(H,32,38)(H,33,40)(H,34,39)(H,42,43)/t14-,15-,18-,19-,20-,22-,23-/m0/s1. The van der Waals surface area contributed by atoms with E-state index in [9.17, 15) is 44.1 Å². The van der Waals surface area contributed by atoms with Gasteiger partial charge in [0.25, 0.3) is 0 Å². The van der Waals surface area contributed by atoms with E-state index in [4.69, 9.17) is 11.5 Å². The van der Waals surface area contributed by atoms with Crippen molar-refractivity contribution in [2.45, 2.75) is 83.6 Å². The van der Waals surface area contributed by atoms with Gasteiger partial charge in [-0.25, -0.2) is 4.79 Å². The fraction of sp³-hybridized carbons (Fsp3) is 0.571. The molecule has 0 bridgehead atoms. The number of primary amides is 1. The molecule has 0 aliphatic carbocycles. The molecule has 0 unspecified atom stereocenters. The van der Waals surface area contributed by atoms with Gasteiger partial charge in [0.05, 0.1) is 19.1 Å². The molecule has 240 valence electrons. The molecule has 1 rings (SSSR count). The average Bonchev–Trinajstić information content (AvgIpc) is 2.96. The zero-order valence-corrected chi connectivity index (χ0v) is 24.8. The van der Waals surface area contributed by atoms with Crippen LogP contribution < -0.4 is 32.7 Å². The summed E-state index contributed by atoms with van der Waals surface area (Å²) in [5.41, 5.74) is 11.7. The first-order valence-corrected chi connectivity index (χ1v) is 14.0. The predicted molar refractivity (Wildman–Crippen MR) is 155 cm³/mol. The first-order valence-electron chi connectivity index (χ1n) is 14.0. The Balaban J connectivity index is 3.10. The number of amides is 5. The lowest BCUT2D eigenvalue weighted by Gasteiger charge is -2.28. The molecule has 0 aliphatic rings. The van der Waals surface area contributed by atoms with E-state index in [-0.39, 0.29) is 18.1 Å². The van der Waals surface area contributed by atoms with E-state index in [2.05, 4.69) is 21.3 Å². The first kappa shape index (κ1) is 36.8. The Hall–Kier alpha value is -4.24. The SMILES string of the molecule is CC[C@H](C)[C@H](N)C(=O)N[C@@H](CO)C(=O)N[C@H](C(=O)N[C@@H](CC(N)=O)C(=O)N[C@@H](Cc1ccc(O)cc1)C(=O)O)[C@@H](C)CC. The lowest BCUT2D eigenvalue weighted by atomic mass is 9.97. The first-order chi connectivity index (χ1) is 20.1. The van der Waals surface area contributed by atoms with Gasteiger partial charge in [-0.1, -0.05) is 52.7 Å². The zero-order chi connectivity index (χ0) is 32.9. The molecule has 15 heteroatoms. The van der Waals surface area contributed by atoms with E-state index in [1.165, 1.54) is 24.3 Å². The summed E-state index contributed by atoms with van der Waals surface area (Å²) in [4.78, 5) is 75.4. The number of hydrogen-bond donors (Lipinski definition) is 9. The molecule has 0 heterocycles. The minimum atomic E-state index is -1.59. The second-order valence-electron chi connectivity index (χ2n) is 10.5. The van der Waals surface area contributed by atoms with E-state index in [1.54, 1.807) is 20.8 Å². The van der Waals surface area contributed by atoms with Crippen molar-refractivity contribution in [2.24, 2.45) is 23.3 Å².